The monoisotopic (exact) mass is 344 g/mol. The van der Waals surface area contributed by atoms with E-state index in [9.17, 15) is 15.0 Å². The SMILES string of the molecule is CC(C)(C)NC(=O)C(O)c1ccc(OCc2ccccc2)c(CO)n1. The van der Waals surface area contributed by atoms with Crippen molar-refractivity contribution in [3.63, 3.8) is 0 Å². The summed E-state index contributed by atoms with van der Waals surface area (Å²) in [5.74, 6) is -0.125. The van der Waals surface area contributed by atoms with E-state index in [-0.39, 0.29) is 18.0 Å². The Kier molecular flexibility index (Phi) is 6.12. The van der Waals surface area contributed by atoms with Gasteiger partial charge in [-0.2, -0.15) is 0 Å². The van der Waals surface area contributed by atoms with Gasteiger partial charge < -0.3 is 20.3 Å². The average molecular weight is 344 g/mol. The molecule has 2 aromatic rings. The van der Waals surface area contributed by atoms with Crippen molar-refractivity contribution in [2.75, 3.05) is 0 Å². The topological polar surface area (TPSA) is 91.7 Å². The van der Waals surface area contributed by atoms with E-state index in [0.29, 0.717) is 12.4 Å². The van der Waals surface area contributed by atoms with Crippen LogP contribution in [0.25, 0.3) is 0 Å². The van der Waals surface area contributed by atoms with Crippen LogP contribution in [0.4, 0.5) is 0 Å². The second-order valence-electron chi connectivity index (χ2n) is 6.76. The lowest BCUT2D eigenvalue weighted by atomic mass is 10.1. The number of hydrogen-bond acceptors (Lipinski definition) is 5. The highest BCUT2D eigenvalue weighted by Crippen LogP contribution is 2.22. The Balaban J connectivity index is 2.11. The molecule has 0 saturated carbocycles. The van der Waals surface area contributed by atoms with Crippen molar-refractivity contribution in [3.05, 3.63) is 59.4 Å². The lowest BCUT2D eigenvalue weighted by Crippen LogP contribution is -2.43. The highest BCUT2D eigenvalue weighted by atomic mass is 16.5. The standard InChI is InChI=1S/C19H24N2O4/c1-19(2,3)21-18(24)17(23)14-9-10-16(15(11-22)20-14)25-12-13-7-5-4-6-8-13/h4-10,17,22-23H,11-12H2,1-3H3,(H,21,24). The molecule has 1 atom stereocenters. The van der Waals surface area contributed by atoms with Crippen LogP contribution in [-0.4, -0.2) is 26.6 Å². The Hall–Kier alpha value is -2.44. The molecule has 1 heterocycles. The van der Waals surface area contributed by atoms with Crippen LogP contribution in [0.2, 0.25) is 0 Å². The Morgan fingerprint density at radius 1 is 1.20 bits per heavy atom. The molecule has 1 aromatic heterocycles. The zero-order valence-electron chi connectivity index (χ0n) is 14.7. The Labute approximate surface area is 147 Å². The van der Waals surface area contributed by atoms with Crippen LogP contribution in [0.3, 0.4) is 0 Å². The molecule has 0 spiro atoms. The van der Waals surface area contributed by atoms with Gasteiger partial charge in [-0.15, -0.1) is 0 Å². The number of aliphatic hydroxyl groups is 2. The zero-order chi connectivity index (χ0) is 18.4. The Bertz CT molecular complexity index is 711. The number of nitrogens with one attached hydrogen (secondary N) is 1. The summed E-state index contributed by atoms with van der Waals surface area (Å²) in [6, 6.07) is 12.7. The van der Waals surface area contributed by atoms with Crippen molar-refractivity contribution < 1.29 is 19.7 Å². The molecule has 25 heavy (non-hydrogen) atoms. The molecule has 0 aliphatic rings. The predicted molar refractivity (Wildman–Crippen MR) is 93.8 cm³/mol. The smallest absolute Gasteiger partial charge is 0.255 e. The van der Waals surface area contributed by atoms with Crippen LogP contribution in [0.1, 0.15) is 43.8 Å². The van der Waals surface area contributed by atoms with Crippen LogP contribution in [-0.2, 0) is 18.0 Å². The lowest BCUT2D eigenvalue weighted by molar-refractivity contribution is -0.131. The van der Waals surface area contributed by atoms with E-state index < -0.39 is 17.6 Å². The molecule has 6 heteroatoms. The van der Waals surface area contributed by atoms with Crippen LogP contribution in [0.5, 0.6) is 5.75 Å². The van der Waals surface area contributed by atoms with Gasteiger partial charge in [0.2, 0.25) is 0 Å². The van der Waals surface area contributed by atoms with Crippen molar-refractivity contribution in [3.8, 4) is 5.75 Å². The van der Waals surface area contributed by atoms with Gasteiger partial charge in [-0.05, 0) is 38.5 Å². The van der Waals surface area contributed by atoms with Gasteiger partial charge in [0, 0.05) is 5.54 Å². The van der Waals surface area contributed by atoms with Crippen molar-refractivity contribution >= 4 is 5.91 Å². The van der Waals surface area contributed by atoms with E-state index >= 15 is 0 Å². The van der Waals surface area contributed by atoms with Gasteiger partial charge in [-0.3, -0.25) is 4.79 Å². The molecule has 1 amide bonds. The molecule has 0 aliphatic heterocycles. The lowest BCUT2D eigenvalue weighted by Gasteiger charge is -2.22. The fourth-order valence-electron chi connectivity index (χ4n) is 2.21. The minimum atomic E-state index is -1.41. The number of benzene rings is 1. The highest BCUT2D eigenvalue weighted by molar-refractivity contribution is 5.82. The van der Waals surface area contributed by atoms with Crippen molar-refractivity contribution in [1.82, 2.24) is 10.3 Å². The first-order valence-corrected chi connectivity index (χ1v) is 8.07. The molecular weight excluding hydrogens is 320 g/mol. The first kappa shape index (κ1) is 18.9. The van der Waals surface area contributed by atoms with Crippen molar-refractivity contribution in [2.24, 2.45) is 0 Å². The summed E-state index contributed by atoms with van der Waals surface area (Å²) in [6.07, 6.45) is -1.41. The molecule has 0 radical (unpaired) electrons. The molecular formula is C19H24N2O4. The summed E-state index contributed by atoms with van der Waals surface area (Å²) in [7, 11) is 0. The summed E-state index contributed by atoms with van der Waals surface area (Å²) >= 11 is 0. The summed E-state index contributed by atoms with van der Waals surface area (Å²) in [5.41, 5.74) is 0.963. The molecule has 6 nitrogen and oxygen atoms in total. The van der Waals surface area contributed by atoms with E-state index in [1.54, 1.807) is 6.07 Å². The van der Waals surface area contributed by atoms with Crippen molar-refractivity contribution in [2.45, 2.75) is 45.6 Å². The number of rotatable bonds is 6. The largest absolute Gasteiger partial charge is 0.487 e. The molecule has 0 bridgehead atoms. The van der Waals surface area contributed by atoms with Crippen molar-refractivity contribution in [1.29, 1.82) is 0 Å². The molecule has 3 N–H and O–H groups in total. The number of carbonyl (C=O) groups excluding carboxylic acids is 1. The third-order valence-corrected chi connectivity index (χ3v) is 3.37. The summed E-state index contributed by atoms with van der Waals surface area (Å²) < 4.78 is 5.69. The third kappa shape index (κ3) is 5.55. The molecule has 0 saturated heterocycles. The van der Waals surface area contributed by atoms with E-state index in [1.165, 1.54) is 6.07 Å². The number of ether oxygens (including phenoxy) is 1. The molecule has 0 fully saturated rings. The number of amides is 1. The van der Waals surface area contributed by atoms with Gasteiger partial charge in [0.25, 0.3) is 5.91 Å². The molecule has 1 aromatic carbocycles. The second-order valence-corrected chi connectivity index (χ2v) is 6.76. The number of aromatic nitrogens is 1. The first-order chi connectivity index (χ1) is 11.8. The zero-order valence-corrected chi connectivity index (χ0v) is 14.7. The normalized spacial score (nSPS) is 12.5. The fourth-order valence-corrected chi connectivity index (χ4v) is 2.21. The van der Waals surface area contributed by atoms with Gasteiger partial charge in [0.1, 0.15) is 18.1 Å². The Morgan fingerprint density at radius 3 is 2.48 bits per heavy atom. The Morgan fingerprint density at radius 2 is 1.88 bits per heavy atom. The van der Waals surface area contributed by atoms with Crippen LogP contribution >= 0.6 is 0 Å². The van der Waals surface area contributed by atoms with Gasteiger partial charge >= 0.3 is 0 Å². The highest BCUT2D eigenvalue weighted by Gasteiger charge is 2.24. The minimum Gasteiger partial charge on any atom is -0.487 e. The number of pyridine rings is 1. The maximum Gasteiger partial charge on any atom is 0.255 e. The summed E-state index contributed by atoms with van der Waals surface area (Å²) in [4.78, 5) is 16.2. The first-order valence-electron chi connectivity index (χ1n) is 8.07. The maximum atomic E-state index is 12.1. The predicted octanol–water partition coefficient (Wildman–Crippen LogP) is 2.10. The van der Waals surface area contributed by atoms with Crippen LogP contribution < -0.4 is 10.1 Å². The van der Waals surface area contributed by atoms with Gasteiger partial charge in [-0.1, -0.05) is 30.3 Å². The maximum absolute atomic E-state index is 12.1. The van der Waals surface area contributed by atoms with E-state index in [1.807, 2.05) is 51.1 Å². The van der Waals surface area contributed by atoms with Crippen LogP contribution in [0, 0.1) is 0 Å². The van der Waals surface area contributed by atoms with Gasteiger partial charge in [-0.25, -0.2) is 4.98 Å². The molecule has 134 valence electrons. The molecule has 1 unspecified atom stereocenters. The number of nitrogens with zero attached hydrogens (tertiary/aromatic N) is 1. The quantitative estimate of drug-likeness (QED) is 0.746. The van der Waals surface area contributed by atoms with Crippen LogP contribution in [0.15, 0.2) is 42.5 Å². The van der Waals surface area contributed by atoms with Gasteiger partial charge in [0.05, 0.1) is 12.3 Å². The van der Waals surface area contributed by atoms with E-state index in [4.69, 9.17) is 4.74 Å². The second kappa shape index (κ2) is 8.09. The third-order valence-electron chi connectivity index (χ3n) is 3.37. The minimum absolute atomic E-state index is 0.165. The average Bonchev–Trinajstić information content (AvgIpc) is 2.58. The summed E-state index contributed by atoms with van der Waals surface area (Å²) in [6.45, 7) is 5.45. The van der Waals surface area contributed by atoms with Gasteiger partial charge in [0.15, 0.2) is 6.10 Å². The molecule has 0 aliphatic carbocycles. The number of carbonyl (C=O) groups is 1. The number of hydrogen-bond donors (Lipinski definition) is 3. The van der Waals surface area contributed by atoms with E-state index in [0.717, 1.165) is 5.56 Å². The number of aliphatic hydroxyl groups excluding tert-OH is 2. The molecule has 2 rings (SSSR count). The fraction of sp³-hybridized carbons (Fsp3) is 0.368. The van der Waals surface area contributed by atoms with E-state index in [2.05, 4.69) is 10.3 Å². The summed E-state index contributed by atoms with van der Waals surface area (Å²) in [5, 5.41) is 22.4.